The average molecular weight is 179 g/mol. The summed E-state index contributed by atoms with van der Waals surface area (Å²) in [4.78, 5) is 4.24. The molecule has 0 saturated carbocycles. The van der Waals surface area contributed by atoms with E-state index in [0.29, 0.717) is 5.88 Å². The summed E-state index contributed by atoms with van der Waals surface area (Å²) in [5.74, 6) is 0.583. The molecule has 70 valence electrons. The molecule has 0 radical (unpaired) electrons. The first kappa shape index (κ1) is 8.51. The molecule has 0 amide bonds. The van der Waals surface area contributed by atoms with Crippen molar-refractivity contribution in [2.45, 2.75) is 25.4 Å². The summed E-state index contributed by atoms with van der Waals surface area (Å²) in [5.41, 5.74) is 1.95. The molecule has 0 aliphatic heterocycles. The lowest BCUT2D eigenvalue weighted by Crippen LogP contribution is -2.11. The van der Waals surface area contributed by atoms with E-state index in [2.05, 4.69) is 4.98 Å². The monoisotopic (exact) mass is 179 g/mol. The molecule has 0 bridgehead atoms. The van der Waals surface area contributed by atoms with Gasteiger partial charge in [0, 0.05) is 6.07 Å². The minimum absolute atomic E-state index is 0.404. The van der Waals surface area contributed by atoms with Crippen LogP contribution < -0.4 is 4.74 Å². The second-order valence-corrected chi connectivity index (χ2v) is 3.31. The van der Waals surface area contributed by atoms with Gasteiger partial charge in [-0.25, -0.2) is 4.98 Å². The number of hydrogen-bond acceptors (Lipinski definition) is 3. The van der Waals surface area contributed by atoms with Crippen LogP contribution >= 0.6 is 0 Å². The Hall–Kier alpha value is -1.09. The number of aromatic nitrogens is 1. The third-order valence-electron chi connectivity index (χ3n) is 2.44. The maximum Gasteiger partial charge on any atom is 0.213 e. The Kier molecular flexibility index (Phi) is 2.19. The number of aryl methyl sites for hydroxylation is 1. The van der Waals surface area contributed by atoms with Crippen LogP contribution in [0.5, 0.6) is 5.88 Å². The van der Waals surface area contributed by atoms with Crippen LogP contribution in [0.4, 0.5) is 0 Å². The van der Waals surface area contributed by atoms with Gasteiger partial charge in [-0.3, -0.25) is 0 Å². The van der Waals surface area contributed by atoms with E-state index in [0.717, 1.165) is 30.5 Å². The van der Waals surface area contributed by atoms with Crippen molar-refractivity contribution < 1.29 is 9.84 Å². The van der Waals surface area contributed by atoms with Gasteiger partial charge in [0.05, 0.1) is 18.9 Å². The van der Waals surface area contributed by atoms with E-state index < -0.39 is 6.10 Å². The van der Waals surface area contributed by atoms with Crippen LogP contribution in [0.2, 0.25) is 0 Å². The molecule has 1 atom stereocenters. The summed E-state index contributed by atoms with van der Waals surface area (Å²) in [6, 6.07) is 3.83. The number of ether oxygens (including phenoxy) is 1. The lowest BCUT2D eigenvalue weighted by molar-refractivity contribution is 0.150. The third-order valence-corrected chi connectivity index (χ3v) is 2.44. The van der Waals surface area contributed by atoms with E-state index >= 15 is 0 Å². The zero-order valence-electron chi connectivity index (χ0n) is 7.66. The van der Waals surface area contributed by atoms with Crippen molar-refractivity contribution >= 4 is 0 Å². The lowest BCUT2D eigenvalue weighted by atomic mass is 9.94. The molecule has 1 unspecified atom stereocenters. The highest BCUT2D eigenvalue weighted by Crippen LogP contribution is 2.29. The van der Waals surface area contributed by atoms with Crippen LogP contribution in [-0.4, -0.2) is 17.2 Å². The number of fused-ring (bicyclic) bond motifs is 1. The summed E-state index contributed by atoms with van der Waals surface area (Å²) in [5, 5.41) is 9.66. The molecule has 1 N–H and O–H groups in total. The van der Waals surface area contributed by atoms with Crippen LogP contribution in [0.15, 0.2) is 12.1 Å². The van der Waals surface area contributed by atoms with Crippen LogP contribution in [0.3, 0.4) is 0 Å². The van der Waals surface area contributed by atoms with E-state index in [9.17, 15) is 5.11 Å². The summed E-state index contributed by atoms with van der Waals surface area (Å²) >= 11 is 0. The average Bonchev–Trinajstić information content (AvgIpc) is 2.18. The van der Waals surface area contributed by atoms with Crippen LogP contribution in [-0.2, 0) is 6.42 Å². The fraction of sp³-hybridized carbons (Fsp3) is 0.500. The predicted octanol–water partition coefficient (Wildman–Crippen LogP) is 1.46. The standard InChI is InChI=1S/C10H13NO2/c1-13-9-6-5-7-3-2-4-8(12)10(7)11-9/h5-6,8,12H,2-4H2,1H3. The fourth-order valence-electron chi connectivity index (χ4n) is 1.72. The Labute approximate surface area is 77.4 Å². The smallest absolute Gasteiger partial charge is 0.213 e. The normalized spacial score (nSPS) is 20.9. The SMILES string of the molecule is COc1ccc2c(n1)C(O)CCC2. The quantitative estimate of drug-likeness (QED) is 0.709. The number of aliphatic hydroxyl groups excluding tert-OH is 1. The summed E-state index contributed by atoms with van der Waals surface area (Å²) in [7, 11) is 1.59. The zero-order valence-corrected chi connectivity index (χ0v) is 7.66. The van der Waals surface area contributed by atoms with Gasteiger partial charge in [-0.2, -0.15) is 0 Å². The first-order chi connectivity index (χ1) is 6.31. The van der Waals surface area contributed by atoms with Gasteiger partial charge in [0.15, 0.2) is 0 Å². The highest BCUT2D eigenvalue weighted by Gasteiger charge is 2.19. The van der Waals surface area contributed by atoms with Crippen molar-refractivity contribution in [1.82, 2.24) is 4.98 Å². The van der Waals surface area contributed by atoms with Crippen LogP contribution in [0, 0.1) is 0 Å². The number of nitrogens with zero attached hydrogens (tertiary/aromatic N) is 1. The van der Waals surface area contributed by atoms with Gasteiger partial charge in [-0.15, -0.1) is 0 Å². The summed E-state index contributed by atoms with van der Waals surface area (Å²) < 4.78 is 5.01. The van der Waals surface area contributed by atoms with Crippen molar-refractivity contribution in [3.63, 3.8) is 0 Å². The van der Waals surface area contributed by atoms with Crippen molar-refractivity contribution in [3.05, 3.63) is 23.4 Å². The zero-order chi connectivity index (χ0) is 9.26. The maximum absolute atomic E-state index is 9.66. The highest BCUT2D eigenvalue weighted by atomic mass is 16.5. The molecule has 13 heavy (non-hydrogen) atoms. The third kappa shape index (κ3) is 1.52. The molecule has 0 spiro atoms. The van der Waals surface area contributed by atoms with Crippen molar-refractivity contribution in [2.24, 2.45) is 0 Å². The molecule has 3 nitrogen and oxygen atoms in total. The van der Waals surface area contributed by atoms with Crippen molar-refractivity contribution in [1.29, 1.82) is 0 Å². The molecular formula is C10H13NO2. The molecule has 1 aliphatic carbocycles. The van der Waals surface area contributed by atoms with E-state index in [1.54, 1.807) is 7.11 Å². The first-order valence-corrected chi connectivity index (χ1v) is 4.53. The highest BCUT2D eigenvalue weighted by molar-refractivity contribution is 5.29. The molecule has 2 rings (SSSR count). The van der Waals surface area contributed by atoms with E-state index in [-0.39, 0.29) is 0 Å². The molecule has 1 aromatic heterocycles. The first-order valence-electron chi connectivity index (χ1n) is 4.53. The fourth-order valence-corrected chi connectivity index (χ4v) is 1.72. The van der Waals surface area contributed by atoms with Crippen LogP contribution in [0.25, 0.3) is 0 Å². The van der Waals surface area contributed by atoms with Gasteiger partial charge < -0.3 is 9.84 Å². The molecule has 1 aromatic rings. The molecular weight excluding hydrogens is 166 g/mol. The van der Waals surface area contributed by atoms with E-state index in [4.69, 9.17) is 4.74 Å². The second kappa shape index (κ2) is 3.34. The van der Waals surface area contributed by atoms with Crippen molar-refractivity contribution in [2.75, 3.05) is 7.11 Å². The lowest BCUT2D eigenvalue weighted by Gasteiger charge is -2.20. The van der Waals surface area contributed by atoms with Gasteiger partial charge in [0.1, 0.15) is 0 Å². The number of hydrogen-bond donors (Lipinski definition) is 1. The van der Waals surface area contributed by atoms with Gasteiger partial charge in [-0.05, 0) is 24.8 Å². The minimum Gasteiger partial charge on any atom is -0.481 e. The molecule has 1 heterocycles. The largest absolute Gasteiger partial charge is 0.481 e. The number of methoxy groups -OCH3 is 1. The second-order valence-electron chi connectivity index (χ2n) is 3.31. The predicted molar refractivity (Wildman–Crippen MR) is 48.7 cm³/mol. The van der Waals surface area contributed by atoms with Gasteiger partial charge in [0.2, 0.25) is 5.88 Å². The molecule has 3 heteroatoms. The molecule has 0 fully saturated rings. The van der Waals surface area contributed by atoms with E-state index in [1.165, 1.54) is 0 Å². The Morgan fingerprint density at radius 1 is 1.54 bits per heavy atom. The summed E-state index contributed by atoms with van der Waals surface area (Å²) in [6.07, 6.45) is 2.47. The Balaban J connectivity index is 2.41. The minimum atomic E-state index is -0.404. The van der Waals surface area contributed by atoms with E-state index in [1.807, 2.05) is 12.1 Å². The molecule has 0 aromatic carbocycles. The summed E-state index contributed by atoms with van der Waals surface area (Å²) in [6.45, 7) is 0. The number of rotatable bonds is 1. The van der Waals surface area contributed by atoms with Gasteiger partial charge >= 0.3 is 0 Å². The maximum atomic E-state index is 9.66. The van der Waals surface area contributed by atoms with Crippen LogP contribution in [0.1, 0.15) is 30.2 Å². The molecule has 1 aliphatic rings. The van der Waals surface area contributed by atoms with Gasteiger partial charge in [0.25, 0.3) is 0 Å². The van der Waals surface area contributed by atoms with Crippen molar-refractivity contribution in [3.8, 4) is 5.88 Å². The number of aliphatic hydroxyl groups is 1. The number of pyridine rings is 1. The van der Waals surface area contributed by atoms with Gasteiger partial charge in [-0.1, -0.05) is 6.07 Å². The Morgan fingerprint density at radius 2 is 2.38 bits per heavy atom. The Bertz CT molecular complexity index is 312. The molecule has 0 saturated heterocycles. The Morgan fingerprint density at radius 3 is 3.15 bits per heavy atom. The topological polar surface area (TPSA) is 42.4 Å².